The van der Waals surface area contributed by atoms with Gasteiger partial charge in [-0.15, -0.1) is 11.3 Å². The van der Waals surface area contributed by atoms with Gasteiger partial charge in [-0.05, 0) is 24.7 Å². The van der Waals surface area contributed by atoms with Gasteiger partial charge in [-0.2, -0.15) is 0 Å². The number of nitrogens with one attached hydrogen (secondary N) is 1. The van der Waals surface area contributed by atoms with Crippen LogP contribution in [-0.4, -0.2) is 23.8 Å². The number of carbonyl (C=O) groups excluding carboxylic acids is 2. The second kappa shape index (κ2) is 9.65. The number of hydrogen-bond acceptors (Lipinski definition) is 4. The van der Waals surface area contributed by atoms with Crippen LogP contribution in [0.4, 0.5) is 5.13 Å². The molecule has 0 bridgehead atoms. The summed E-state index contributed by atoms with van der Waals surface area (Å²) < 4.78 is 0. The number of anilines is 1. The third-order valence-electron chi connectivity index (χ3n) is 3.55. The Balaban J connectivity index is 2.44. The van der Waals surface area contributed by atoms with Crippen LogP contribution in [-0.2, 0) is 16.1 Å². The lowest BCUT2D eigenvalue weighted by Gasteiger charge is -2.14. The highest BCUT2D eigenvalue weighted by Gasteiger charge is 2.15. The maximum Gasteiger partial charge on any atom is 0.228 e. The minimum atomic E-state index is 0.0506. The zero-order valence-electron chi connectivity index (χ0n) is 14.9. The fraction of sp³-hybridized carbons (Fsp3) is 0.706. The predicted octanol–water partition coefficient (Wildman–Crippen LogP) is 3.59. The van der Waals surface area contributed by atoms with Gasteiger partial charge in [-0.1, -0.05) is 27.7 Å². The summed E-state index contributed by atoms with van der Waals surface area (Å²) in [6, 6.07) is 0. The fourth-order valence-corrected chi connectivity index (χ4v) is 2.72. The molecule has 1 rings (SSSR count). The lowest BCUT2D eigenvalue weighted by atomic mass is 10.1. The number of hydrogen-bond donors (Lipinski definition) is 1. The van der Waals surface area contributed by atoms with E-state index >= 15 is 0 Å². The average molecular weight is 340 g/mol. The molecule has 0 aromatic carbocycles. The molecule has 0 saturated heterocycles. The number of thiazole rings is 1. The van der Waals surface area contributed by atoms with Crippen LogP contribution < -0.4 is 10.2 Å². The molecular formula is C17H29N3O2S. The minimum absolute atomic E-state index is 0.0506. The van der Waals surface area contributed by atoms with Crippen LogP contribution in [0.25, 0.3) is 0 Å². The standard InChI is InChI=1S/C17H29N3O2S/c1-12(2)6-8-15(21)18-10-14-11-23-17(19-14)20(5)16(22)9-7-13(3)4/h11-13H,6-10H2,1-5H3,(H,18,21). The minimum Gasteiger partial charge on any atom is -0.350 e. The van der Waals surface area contributed by atoms with Gasteiger partial charge in [0.1, 0.15) is 0 Å². The van der Waals surface area contributed by atoms with Crippen LogP contribution >= 0.6 is 11.3 Å². The second-order valence-electron chi connectivity index (χ2n) is 6.72. The van der Waals surface area contributed by atoms with E-state index in [-0.39, 0.29) is 11.8 Å². The monoisotopic (exact) mass is 339 g/mol. The van der Waals surface area contributed by atoms with E-state index in [9.17, 15) is 9.59 Å². The van der Waals surface area contributed by atoms with E-state index in [1.807, 2.05) is 5.38 Å². The van der Waals surface area contributed by atoms with Crippen LogP contribution in [0.5, 0.6) is 0 Å². The molecule has 1 aromatic rings. The van der Waals surface area contributed by atoms with Gasteiger partial charge in [0.15, 0.2) is 5.13 Å². The number of rotatable bonds is 9. The van der Waals surface area contributed by atoms with E-state index in [0.717, 1.165) is 18.5 Å². The first-order valence-corrected chi connectivity index (χ1v) is 9.15. The van der Waals surface area contributed by atoms with Crippen molar-refractivity contribution in [1.82, 2.24) is 10.3 Å². The van der Waals surface area contributed by atoms with Crippen molar-refractivity contribution in [3.63, 3.8) is 0 Å². The normalized spacial score (nSPS) is 11.1. The Morgan fingerprint density at radius 3 is 2.39 bits per heavy atom. The summed E-state index contributed by atoms with van der Waals surface area (Å²) >= 11 is 1.43. The van der Waals surface area contributed by atoms with Gasteiger partial charge in [0.05, 0.1) is 12.2 Å². The average Bonchev–Trinajstić information content (AvgIpc) is 2.96. The maximum atomic E-state index is 12.1. The van der Waals surface area contributed by atoms with Crippen molar-refractivity contribution in [3.8, 4) is 0 Å². The largest absolute Gasteiger partial charge is 0.350 e. The van der Waals surface area contributed by atoms with Gasteiger partial charge in [0.2, 0.25) is 11.8 Å². The Kier molecular flexibility index (Phi) is 8.23. The molecule has 0 spiro atoms. The molecule has 0 aliphatic carbocycles. The second-order valence-corrected chi connectivity index (χ2v) is 7.55. The number of aromatic nitrogens is 1. The van der Waals surface area contributed by atoms with Gasteiger partial charge in [-0.25, -0.2) is 4.98 Å². The van der Waals surface area contributed by atoms with Gasteiger partial charge < -0.3 is 5.32 Å². The molecule has 0 saturated carbocycles. The fourth-order valence-electron chi connectivity index (χ4n) is 1.92. The molecule has 130 valence electrons. The van der Waals surface area contributed by atoms with Gasteiger partial charge in [0.25, 0.3) is 0 Å². The first-order valence-electron chi connectivity index (χ1n) is 8.27. The highest BCUT2D eigenvalue weighted by Crippen LogP contribution is 2.20. The Morgan fingerprint density at radius 1 is 1.17 bits per heavy atom. The van der Waals surface area contributed by atoms with Crippen molar-refractivity contribution in [1.29, 1.82) is 0 Å². The Bertz CT molecular complexity index is 512. The molecule has 1 N–H and O–H groups in total. The molecule has 0 unspecified atom stereocenters. The molecule has 1 aromatic heterocycles. The Morgan fingerprint density at radius 2 is 1.78 bits per heavy atom. The number of nitrogens with zero attached hydrogens (tertiary/aromatic N) is 2. The quantitative estimate of drug-likeness (QED) is 0.748. The highest BCUT2D eigenvalue weighted by molar-refractivity contribution is 7.14. The van der Waals surface area contributed by atoms with E-state index < -0.39 is 0 Å². The van der Waals surface area contributed by atoms with Crippen molar-refractivity contribution in [2.45, 2.75) is 59.9 Å². The maximum absolute atomic E-state index is 12.1. The van der Waals surface area contributed by atoms with E-state index in [1.54, 1.807) is 11.9 Å². The van der Waals surface area contributed by atoms with E-state index in [4.69, 9.17) is 0 Å². The summed E-state index contributed by atoms with van der Waals surface area (Å²) in [5.74, 6) is 1.17. The van der Waals surface area contributed by atoms with Gasteiger partial charge in [0, 0.05) is 25.3 Å². The van der Waals surface area contributed by atoms with E-state index in [1.165, 1.54) is 11.3 Å². The first-order chi connectivity index (χ1) is 10.8. The first kappa shape index (κ1) is 19.6. The lowest BCUT2D eigenvalue weighted by molar-refractivity contribution is -0.121. The van der Waals surface area contributed by atoms with Crippen LogP contribution in [0.3, 0.4) is 0 Å². The summed E-state index contributed by atoms with van der Waals surface area (Å²) in [7, 11) is 1.76. The Labute approximate surface area is 143 Å². The summed E-state index contributed by atoms with van der Waals surface area (Å²) in [6.45, 7) is 8.84. The SMILES string of the molecule is CC(C)CCC(=O)NCc1csc(N(C)C(=O)CCC(C)C)n1. The molecule has 6 heteroatoms. The smallest absolute Gasteiger partial charge is 0.228 e. The van der Waals surface area contributed by atoms with Crippen LogP contribution in [0.2, 0.25) is 0 Å². The lowest BCUT2D eigenvalue weighted by Crippen LogP contribution is -2.26. The molecule has 0 aliphatic heterocycles. The zero-order valence-corrected chi connectivity index (χ0v) is 15.7. The molecular weight excluding hydrogens is 310 g/mol. The third kappa shape index (κ3) is 7.59. The summed E-state index contributed by atoms with van der Waals surface area (Å²) in [5.41, 5.74) is 0.798. The Hall–Kier alpha value is -1.43. The van der Waals surface area contributed by atoms with Crippen LogP contribution in [0.1, 0.15) is 59.1 Å². The molecule has 0 fully saturated rings. The summed E-state index contributed by atoms with van der Waals surface area (Å²) in [4.78, 5) is 29.9. The van der Waals surface area contributed by atoms with Crippen molar-refractivity contribution in [2.24, 2.45) is 11.8 Å². The molecule has 0 aliphatic rings. The van der Waals surface area contributed by atoms with Gasteiger partial charge >= 0.3 is 0 Å². The van der Waals surface area contributed by atoms with E-state index in [2.05, 4.69) is 38.0 Å². The zero-order chi connectivity index (χ0) is 17.4. The molecule has 0 atom stereocenters. The summed E-state index contributed by atoms with van der Waals surface area (Å²) in [5, 5.41) is 5.46. The van der Waals surface area contributed by atoms with Gasteiger partial charge in [-0.3, -0.25) is 14.5 Å². The van der Waals surface area contributed by atoms with Crippen LogP contribution in [0.15, 0.2) is 5.38 Å². The molecule has 5 nitrogen and oxygen atoms in total. The van der Waals surface area contributed by atoms with Crippen molar-refractivity contribution < 1.29 is 9.59 Å². The molecule has 0 radical (unpaired) electrons. The third-order valence-corrected chi connectivity index (χ3v) is 4.52. The highest BCUT2D eigenvalue weighted by atomic mass is 32.1. The van der Waals surface area contributed by atoms with Crippen molar-refractivity contribution in [3.05, 3.63) is 11.1 Å². The molecule has 1 heterocycles. The number of carbonyl (C=O) groups is 2. The summed E-state index contributed by atoms with van der Waals surface area (Å²) in [6.07, 6.45) is 2.85. The van der Waals surface area contributed by atoms with Crippen molar-refractivity contribution in [2.75, 3.05) is 11.9 Å². The number of amides is 2. The van der Waals surface area contributed by atoms with E-state index in [0.29, 0.717) is 36.4 Å². The molecule has 23 heavy (non-hydrogen) atoms. The van der Waals surface area contributed by atoms with Crippen LogP contribution in [0, 0.1) is 11.8 Å². The predicted molar refractivity (Wildman–Crippen MR) is 95.5 cm³/mol. The topological polar surface area (TPSA) is 62.3 Å². The molecule has 2 amide bonds. The van der Waals surface area contributed by atoms with Crippen molar-refractivity contribution >= 4 is 28.3 Å².